The molecule has 1 heterocycles. The number of halogens is 1. The highest BCUT2D eigenvalue weighted by atomic mass is 35.5. The fraction of sp³-hybridized carbons (Fsp3) is 0. The number of primary amides is 1. The first-order chi connectivity index (χ1) is 10.7. The Bertz CT molecular complexity index is 802. The Morgan fingerprint density at radius 1 is 1.09 bits per heavy atom. The second-order valence-electron chi connectivity index (χ2n) is 4.43. The smallest absolute Gasteiger partial charge is 0.326 e. The zero-order chi connectivity index (χ0) is 15.5. The molecule has 0 atom stereocenters. The SMILES string of the molecule is NC(=O)N(c1ccccc1Cl)c1ncnn1-c1ccccc1. The number of anilines is 2. The largest absolute Gasteiger partial charge is 0.351 e. The van der Waals surface area contributed by atoms with Crippen LogP contribution in [0.5, 0.6) is 0 Å². The number of hydrogen-bond donors (Lipinski definition) is 1. The number of nitrogens with two attached hydrogens (primary N) is 1. The molecule has 0 unspecified atom stereocenters. The van der Waals surface area contributed by atoms with E-state index in [9.17, 15) is 4.79 Å². The summed E-state index contributed by atoms with van der Waals surface area (Å²) in [5.41, 5.74) is 6.73. The molecular formula is C15H12ClN5O. The van der Waals surface area contributed by atoms with Crippen LogP contribution in [0.4, 0.5) is 16.4 Å². The predicted octanol–water partition coefficient (Wildman–Crippen LogP) is 3.14. The van der Waals surface area contributed by atoms with E-state index in [1.807, 2.05) is 30.3 Å². The number of nitrogens with zero attached hydrogens (tertiary/aromatic N) is 4. The van der Waals surface area contributed by atoms with Gasteiger partial charge in [0.1, 0.15) is 6.33 Å². The van der Waals surface area contributed by atoms with Crippen molar-refractivity contribution in [2.24, 2.45) is 5.73 Å². The van der Waals surface area contributed by atoms with E-state index < -0.39 is 6.03 Å². The van der Waals surface area contributed by atoms with Gasteiger partial charge in [-0.1, -0.05) is 41.9 Å². The van der Waals surface area contributed by atoms with Crippen LogP contribution in [-0.2, 0) is 0 Å². The molecule has 0 bridgehead atoms. The Balaban J connectivity index is 2.14. The summed E-state index contributed by atoms with van der Waals surface area (Å²) in [5, 5.41) is 4.55. The van der Waals surface area contributed by atoms with Crippen molar-refractivity contribution in [3.8, 4) is 5.69 Å². The molecule has 2 amide bonds. The fourth-order valence-electron chi connectivity index (χ4n) is 2.10. The average molecular weight is 314 g/mol. The summed E-state index contributed by atoms with van der Waals surface area (Å²) < 4.78 is 1.52. The number of aromatic nitrogens is 3. The van der Waals surface area contributed by atoms with E-state index in [4.69, 9.17) is 17.3 Å². The molecule has 110 valence electrons. The summed E-state index contributed by atoms with van der Waals surface area (Å²) in [6.07, 6.45) is 1.36. The van der Waals surface area contributed by atoms with E-state index in [1.54, 1.807) is 24.3 Å². The quantitative estimate of drug-likeness (QED) is 0.807. The topological polar surface area (TPSA) is 77.0 Å². The van der Waals surface area contributed by atoms with E-state index in [0.29, 0.717) is 10.7 Å². The molecule has 0 fully saturated rings. The van der Waals surface area contributed by atoms with Gasteiger partial charge in [-0.2, -0.15) is 14.8 Å². The van der Waals surface area contributed by atoms with E-state index in [-0.39, 0.29) is 5.95 Å². The van der Waals surface area contributed by atoms with Crippen molar-refractivity contribution in [1.29, 1.82) is 0 Å². The van der Waals surface area contributed by atoms with Gasteiger partial charge in [0.2, 0.25) is 5.95 Å². The lowest BCUT2D eigenvalue weighted by atomic mass is 10.3. The third-order valence-electron chi connectivity index (χ3n) is 3.04. The number of benzene rings is 2. The van der Waals surface area contributed by atoms with Crippen LogP contribution in [0.15, 0.2) is 60.9 Å². The van der Waals surface area contributed by atoms with Crippen molar-refractivity contribution in [3.63, 3.8) is 0 Å². The van der Waals surface area contributed by atoms with Gasteiger partial charge in [0.05, 0.1) is 16.4 Å². The Hall–Kier alpha value is -2.86. The minimum atomic E-state index is -0.696. The lowest BCUT2D eigenvalue weighted by molar-refractivity contribution is 0.255. The lowest BCUT2D eigenvalue weighted by Gasteiger charge is -2.20. The van der Waals surface area contributed by atoms with Gasteiger partial charge in [0.15, 0.2) is 0 Å². The minimum Gasteiger partial charge on any atom is -0.351 e. The molecule has 0 radical (unpaired) electrons. The summed E-state index contributed by atoms with van der Waals surface area (Å²) in [6, 6.07) is 15.5. The van der Waals surface area contributed by atoms with Crippen molar-refractivity contribution >= 4 is 29.3 Å². The molecule has 0 aliphatic heterocycles. The third kappa shape index (κ3) is 2.51. The minimum absolute atomic E-state index is 0.270. The zero-order valence-electron chi connectivity index (χ0n) is 11.4. The lowest BCUT2D eigenvalue weighted by Crippen LogP contribution is -2.33. The van der Waals surface area contributed by atoms with Crippen LogP contribution < -0.4 is 10.6 Å². The highest BCUT2D eigenvalue weighted by Crippen LogP contribution is 2.31. The maximum absolute atomic E-state index is 11.9. The second kappa shape index (κ2) is 5.87. The van der Waals surface area contributed by atoms with E-state index in [0.717, 1.165) is 5.69 Å². The highest BCUT2D eigenvalue weighted by molar-refractivity contribution is 6.34. The van der Waals surface area contributed by atoms with Crippen molar-refractivity contribution in [2.45, 2.75) is 0 Å². The second-order valence-corrected chi connectivity index (χ2v) is 4.84. The fourth-order valence-corrected chi connectivity index (χ4v) is 2.32. The molecular weight excluding hydrogens is 302 g/mol. The standard InChI is InChI=1S/C15H12ClN5O/c16-12-8-4-5-9-13(12)20(14(17)22)15-18-10-19-21(15)11-6-2-1-3-7-11/h1-10H,(H2,17,22). The number of hydrogen-bond acceptors (Lipinski definition) is 3. The van der Waals surface area contributed by atoms with Crippen LogP contribution >= 0.6 is 11.6 Å². The normalized spacial score (nSPS) is 10.4. The molecule has 0 spiro atoms. The summed E-state index contributed by atoms with van der Waals surface area (Å²) in [7, 11) is 0. The van der Waals surface area contributed by atoms with Crippen LogP contribution in [0.25, 0.3) is 5.69 Å². The average Bonchev–Trinajstić information content (AvgIpc) is 2.99. The van der Waals surface area contributed by atoms with Gasteiger partial charge in [-0.3, -0.25) is 0 Å². The van der Waals surface area contributed by atoms with Gasteiger partial charge in [0.25, 0.3) is 0 Å². The molecule has 6 nitrogen and oxygen atoms in total. The molecule has 2 aromatic carbocycles. The molecule has 2 N–H and O–H groups in total. The first-order valence-electron chi connectivity index (χ1n) is 6.48. The van der Waals surface area contributed by atoms with Crippen molar-refractivity contribution in [2.75, 3.05) is 4.90 Å². The Kier molecular flexibility index (Phi) is 3.76. The predicted molar refractivity (Wildman–Crippen MR) is 84.5 cm³/mol. The highest BCUT2D eigenvalue weighted by Gasteiger charge is 2.23. The first kappa shape index (κ1) is 14.1. The van der Waals surface area contributed by atoms with Crippen LogP contribution in [-0.4, -0.2) is 20.8 Å². The van der Waals surface area contributed by atoms with Crippen molar-refractivity contribution in [1.82, 2.24) is 14.8 Å². The zero-order valence-corrected chi connectivity index (χ0v) is 12.2. The van der Waals surface area contributed by atoms with Crippen LogP contribution in [0.1, 0.15) is 0 Å². The van der Waals surface area contributed by atoms with Crippen molar-refractivity contribution in [3.05, 3.63) is 65.9 Å². The number of urea groups is 1. The molecule has 3 rings (SSSR count). The molecule has 3 aromatic rings. The molecule has 1 aromatic heterocycles. The van der Waals surface area contributed by atoms with E-state index >= 15 is 0 Å². The molecule has 22 heavy (non-hydrogen) atoms. The number of rotatable bonds is 3. The molecule has 7 heteroatoms. The van der Waals surface area contributed by atoms with Gasteiger partial charge in [-0.25, -0.2) is 9.69 Å². The van der Waals surface area contributed by atoms with Crippen LogP contribution in [0, 0.1) is 0 Å². The van der Waals surface area contributed by atoms with Crippen LogP contribution in [0.2, 0.25) is 5.02 Å². The number of carbonyl (C=O) groups is 1. The summed E-state index contributed by atoms with van der Waals surface area (Å²) in [6.45, 7) is 0. The van der Waals surface area contributed by atoms with E-state index in [1.165, 1.54) is 15.9 Å². The summed E-state index contributed by atoms with van der Waals surface area (Å²) in [4.78, 5) is 17.3. The Morgan fingerprint density at radius 3 is 2.45 bits per heavy atom. The third-order valence-corrected chi connectivity index (χ3v) is 3.36. The molecule has 0 aliphatic rings. The van der Waals surface area contributed by atoms with Crippen LogP contribution in [0.3, 0.4) is 0 Å². The Labute approximate surface area is 131 Å². The monoisotopic (exact) mass is 313 g/mol. The van der Waals surface area contributed by atoms with Gasteiger partial charge < -0.3 is 5.73 Å². The first-order valence-corrected chi connectivity index (χ1v) is 6.86. The Morgan fingerprint density at radius 2 is 1.77 bits per heavy atom. The molecule has 0 saturated carbocycles. The molecule has 0 saturated heterocycles. The van der Waals surface area contributed by atoms with Gasteiger partial charge in [-0.05, 0) is 24.3 Å². The summed E-state index contributed by atoms with van der Waals surface area (Å²) >= 11 is 6.17. The van der Waals surface area contributed by atoms with E-state index in [2.05, 4.69) is 10.1 Å². The van der Waals surface area contributed by atoms with Gasteiger partial charge >= 0.3 is 6.03 Å². The van der Waals surface area contributed by atoms with Gasteiger partial charge in [0, 0.05) is 0 Å². The maximum Gasteiger partial charge on any atom is 0.326 e. The van der Waals surface area contributed by atoms with Crippen molar-refractivity contribution < 1.29 is 4.79 Å². The summed E-state index contributed by atoms with van der Waals surface area (Å²) in [5.74, 6) is 0.270. The number of para-hydroxylation sites is 2. The maximum atomic E-state index is 11.9. The molecule has 0 aliphatic carbocycles. The van der Waals surface area contributed by atoms with Gasteiger partial charge in [-0.15, -0.1) is 0 Å². The number of amides is 2. The number of carbonyl (C=O) groups excluding carboxylic acids is 1.